The van der Waals surface area contributed by atoms with Gasteiger partial charge in [0.15, 0.2) is 0 Å². The quantitative estimate of drug-likeness (QED) is 0.641. The molecule has 114 valence electrons. The highest BCUT2D eigenvalue weighted by Crippen LogP contribution is 2.28. The average Bonchev–Trinajstić information content (AvgIpc) is 2.37. The van der Waals surface area contributed by atoms with E-state index in [1.165, 1.54) is 0 Å². The van der Waals surface area contributed by atoms with Crippen LogP contribution in [0.4, 0.5) is 11.6 Å². The molecule has 20 heavy (non-hydrogen) atoms. The third-order valence-electron chi connectivity index (χ3n) is 3.57. The first-order chi connectivity index (χ1) is 9.20. The second-order valence-corrected chi connectivity index (χ2v) is 6.63. The summed E-state index contributed by atoms with van der Waals surface area (Å²) in [5.41, 5.74) is 3.58. The van der Waals surface area contributed by atoms with Gasteiger partial charge in [-0.15, -0.1) is 0 Å². The average molecular weight is 279 g/mol. The van der Waals surface area contributed by atoms with Crippen molar-refractivity contribution in [1.29, 1.82) is 0 Å². The Morgan fingerprint density at radius 2 is 1.90 bits per heavy atom. The number of nitrogen functional groups attached to an aromatic ring is 1. The summed E-state index contributed by atoms with van der Waals surface area (Å²) in [4.78, 5) is 11.5. The molecule has 0 saturated heterocycles. The maximum Gasteiger partial charge on any atom is 0.148 e. The van der Waals surface area contributed by atoms with Gasteiger partial charge >= 0.3 is 0 Å². The highest BCUT2D eigenvalue weighted by molar-refractivity contribution is 5.58. The number of hydrazine groups is 1. The zero-order valence-electron chi connectivity index (χ0n) is 13.9. The Bertz CT molecular complexity index is 450. The molecular formula is C15H29N5. The molecule has 0 saturated carbocycles. The zero-order chi connectivity index (χ0) is 15.5. The molecule has 1 unspecified atom stereocenters. The minimum atomic E-state index is -0.106. The zero-order valence-corrected chi connectivity index (χ0v) is 13.9. The summed E-state index contributed by atoms with van der Waals surface area (Å²) in [6.45, 7) is 13.8. The third-order valence-corrected chi connectivity index (χ3v) is 3.57. The summed E-state index contributed by atoms with van der Waals surface area (Å²) in [6, 6.07) is 0. The first-order valence-corrected chi connectivity index (χ1v) is 7.27. The van der Waals surface area contributed by atoms with Crippen LogP contribution in [0.5, 0.6) is 0 Å². The minimum Gasteiger partial charge on any atom is -0.359 e. The van der Waals surface area contributed by atoms with Crippen molar-refractivity contribution in [3.05, 3.63) is 11.4 Å². The molecule has 0 aliphatic carbocycles. The number of hydrogen-bond donors (Lipinski definition) is 2. The van der Waals surface area contributed by atoms with Gasteiger partial charge in [-0.3, -0.25) is 0 Å². The van der Waals surface area contributed by atoms with Gasteiger partial charge in [0.05, 0.1) is 0 Å². The molecule has 0 radical (unpaired) electrons. The second-order valence-electron chi connectivity index (χ2n) is 6.63. The van der Waals surface area contributed by atoms with E-state index in [1.807, 2.05) is 6.92 Å². The maximum absolute atomic E-state index is 5.60. The van der Waals surface area contributed by atoms with E-state index < -0.39 is 0 Å². The van der Waals surface area contributed by atoms with Crippen molar-refractivity contribution in [2.24, 2.45) is 11.8 Å². The SMILES string of the molecule is CCC(C)CN(C)c1nc(C(C)(C)C)nc(NN)c1C. The van der Waals surface area contributed by atoms with Crippen molar-refractivity contribution >= 4 is 11.6 Å². The molecule has 3 N–H and O–H groups in total. The van der Waals surface area contributed by atoms with Gasteiger partial charge in [-0.05, 0) is 12.8 Å². The van der Waals surface area contributed by atoms with Gasteiger partial charge in [0.25, 0.3) is 0 Å². The number of nitrogens with one attached hydrogen (secondary N) is 1. The summed E-state index contributed by atoms with van der Waals surface area (Å²) in [5, 5.41) is 0. The Labute approximate surface area is 123 Å². The van der Waals surface area contributed by atoms with Crippen LogP contribution >= 0.6 is 0 Å². The Hall–Kier alpha value is -1.36. The largest absolute Gasteiger partial charge is 0.359 e. The van der Waals surface area contributed by atoms with Gasteiger partial charge in [-0.2, -0.15) is 0 Å². The molecule has 0 aliphatic heterocycles. The molecule has 0 aliphatic rings. The van der Waals surface area contributed by atoms with Crippen molar-refractivity contribution in [1.82, 2.24) is 9.97 Å². The predicted molar refractivity (Wildman–Crippen MR) is 86.0 cm³/mol. The van der Waals surface area contributed by atoms with Crippen molar-refractivity contribution in [2.45, 2.75) is 53.4 Å². The van der Waals surface area contributed by atoms with Crippen LogP contribution in [0.1, 0.15) is 52.4 Å². The van der Waals surface area contributed by atoms with E-state index in [9.17, 15) is 0 Å². The lowest BCUT2D eigenvalue weighted by Gasteiger charge is -2.27. The number of hydrogen-bond acceptors (Lipinski definition) is 5. The molecular weight excluding hydrogens is 250 g/mol. The third kappa shape index (κ3) is 3.82. The molecule has 1 aromatic heterocycles. The van der Waals surface area contributed by atoms with Gasteiger partial charge in [-0.25, -0.2) is 15.8 Å². The Morgan fingerprint density at radius 3 is 2.35 bits per heavy atom. The van der Waals surface area contributed by atoms with Crippen molar-refractivity contribution < 1.29 is 0 Å². The topological polar surface area (TPSA) is 67.1 Å². The van der Waals surface area contributed by atoms with Gasteiger partial charge < -0.3 is 10.3 Å². The van der Waals surface area contributed by atoms with Gasteiger partial charge in [0, 0.05) is 24.6 Å². The van der Waals surface area contributed by atoms with E-state index in [0.29, 0.717) is 11.7 Å². The molecule has 1 heterocycles. The van der Waals surface area contributed by atoms with E-state index in [4.69, 9.17) is 10.8 Å². The molecule has 1 aromatic rings. The fraction of sp³-hybridized carbons (Fsp3) is 0.733. The fourth-order valence-corrected chi connectivity index (χ4v) is 2.04. The first-order valence-electron chi connectivity index (χ1n) is 7.27. The van der Waals surface area contributed by atoms with Crippen LogP contribution in [0.3, 0.4) is 0 Å². The lowest BCUT2D eigenvalue weighted by Crippen LogP contribution is -2.28. The maximum atomic E-state index is 5.60. The van der Waals surface area contributed by atoms with Gasteiger partial charge in [-0.1, -0.05) is 41.0 Å². The van der Waals surface area contributed by atoms with Crippen molar-refractivity contribution in [3.63, 3.8) is 0 Å². The summed E-state index contributed by atoms with van der Waals surface area (Å²) in [7, 11) is 2.08. The van der Waals surface area contributed by atoms with E-state index in [1.54, 1.807) is 0 Å². The Kier molecular flexibility index (Phi) is 5.34. The van der Waals surface area contributed by atoms with Gasteiger partial charge in [0.1, 0.15) is 17.5 Å². The fourth-order valence-electron chi connectivity index (χ4n) is 2.04. The monoisotopic (exact) mass is 279 g/mol. The first kappa shape index (κ1) is 16.7. The Balaban J connectivity index is 3.23. The minimum absolute atomic E-state index is 0.106. The van der Waals surface area contributed by atoms with Crippen LogP contribution < -0.4 is 16.2 Å². The summed E-state index contributed by atoms with van der Waals surface area (Å²) >= 11 is 0. The van der Waals surface area contributed by atoms with E-state index in [0.717, 1.165) is 30.2 Å². The summed E-state index contributed by atoms with van der Waals surface area (Å²) < 4.78 is 0. The molecule has 0 fully saturated rings. The second kappa shape index (κ2) is 6.39. The van der Waals surface area contributed by atoms with Crippen LogP contribution in [-0.4, -0.2) is 23.6 Å². The normalized spacial score (nSPS) is 13.2. The van der Waals surface area contributed by atoms with E-state index in [2.05, 4.69) is 57.0 Å². The molecule has 0 aromatic carbocycles. The summed E-state index contributed by atoms with van der Waals surface area (Å²) in [5.74, 6) is 8.70. The van der Waals surface area contributed by atoms with Crippen LogP contribution in [0, 0.1) is 12.8 Å². The molecule has 5 nitrogen and oxygen atoms in total. The number of nitrogens with zero attached hydrogens (tertiary/aromatic N) is 3. The molecule has 0 bridgehead atoms. The molecule has 0 spiro atoms. The van der Waals surface area contributed by atoms with E-state index >= 15 is 0 Å². The number of nitrogens with two attached hydrogens (primary N) is 1. The van der Waals surface area contributed by atoms with E-state index in [-0.39, 0.29) is 5.41 Å². The molecule has 0 amide bonds. The van der Waals surface area contributed by atoms with Gasteiger partial charge in [0.2, 0.25) is 0 Å². The number of rotatable bonds is 5. The molecule has 1 rings (SSSR count). The standard InChI is InChI=1S/C15H29N5/c1-8-10(2)9-20(7)13-11(3)12(19-16)17-14(18-13)15(4,5)6/h10H,8-9,16H2,1-7H3,(H,17,18,19). The molecule has 5 heteroatoms. The van der Waals surface area contributed by atoms with Crippen LogP contribution in [-0.2, 0) is 5.41 Å². The smallest absolute Gasteiger partial charge is 0.148 e. The van der Waals surface area contributed by atoms with Crippen LogP contribution in [0.2, 0.25) is 0 Å². The molecule has 1 atom stereocenters. The van der Waals surface area contributed by atoms with Crippen LogP contribution in [0.25, 0.3) is 0 Å². The predicted octanol–water partition coefficient (Wildman–Crippen LogP) is 2.85. The van der Waals surface area contributed by atoms with Crippen molar-refractivity contribution in [2.75, 3.05) is 23.9 Å². The van der Waals surface area contributed by atoms with Crippen molar-refractivity contribution in [3.8, 4) is 0 Å². The number of anilines is 2. The highest BCUT2D eigenvalue weighted by Gasteiger charge is 2.22. The summed E-state index contributed by atoms with van der Waals surface area (Å²) in [6.07, 6.45) is 1.16. The lowest BCUT2D eigenvalue weighted by atomic mass is 9.95. The highest BCUT2D eigenvalue weighted by atomic mass is 15.3. The number of aromatic nitrogens is 2. The van der Waals surface area contributed by atoms with Crippen LogP contribution in [0.15, 0.2) is 0 Å². The lowest BCUT2D eigenvalue weighted by molar-refractivity contribution is 0.536. The Morgan fingerprint density at radius 1 is 1.30 bits per heavy atom.